The third-order valence-electron chi connectivity index (χ3n) is 4.40. The molecular weight excluding hydrogens is 422 g/mol. The smallest absolute Gasteiger partial charge is 0.281 e. The molecule has 0 spiro atoms. The van der Waals surface area contributed by atoms with E-state index in [4.69, 9.17) is 0 Å². The minimum Gasteiger partial charge on any atom is -0.315 e. The number of benzene rings is 2. The van der Waals surface area contributed by atoms with Crippen LogP contribution >= 0.6 is 11.3 Å². The topological polar surface area (TPSA) is 133 Å². The monoisotopic (exact) mass is 435 g/mol. The van der Waals surface area contributed by atoms with Crippen LogP contribution in [0.25, 0.3) is 15.8 Å². The van der Waals surface area contributed by atoms with Gasteiger partial charge in [-0.15, -0.1) is 11.3 Å². The number of aromatic nitrogens is 1. The van der Waals surface area contributed by atoms with Crippen molar-refractivity contribution in [3.63, 3.8) is 0 Å². The zero-order valence-corrected chi connectivity index (χ0v) is 16.5. The van der Waals surface area contributed by atoms with Crippen molar-refractivity contribution in [3.05, 3.63) is 97.7 Å². The first kappa shape index (κ1) is 19.9. The van der Waals surface area contributed by atoms with E-state index in [2.05, 4.69) is 10.5 Å². The summed E-state index contributed by atoms with van der Waals surface area (Å²) in [4.78, 5) is 33.7. The highest BCUT2D eigenvalue weighted by molar-refractivity contribution is 7.20. The molecule has 0 saturated carbocycles. The van der Waals surface area contributed by atoms with Gasteiger partial charge in [0.15, 0.2) is 0 Å². The van der Waals surface area contributed by atoms with Gasteiger partial charge in [-0.1, -0.05) is 6.07 Å². The summed E-state index contributed by atoms with van der Waals surface area (Å²) in [5.74, 6) is -0.450. The normalized spacial score (nSPS) is 11.1. The lowest BCUT2D eigenvalue weighted by Gasteiger charge is -2.06. The molecule has 0 radical (unpaired) electrons. The Hall–Kier alpha value is -4.38. The lowest BCUT2D eigenvalue weighted by atomic mass is 10.2. The molecule has 1 N–H and O–H groups in total. The Balaban J connectivity index is 1.51. The van der Waals surface area contributed by atoms with Crippen molar-refractivity contribution in [1.82, 2.24) is 9.99 Å². The van der Waals surface area contributed by atoms with E-state index in [0.29, 0.717) is 21.6 Å². The molecule has 2 aromatic heterocycles. The quantitative estimate of drug-likeness (QED) is 0.274. The van der Waals surface area contributed by atoms with Crippen LogP contribution in [-0.4, -0.2) is 26.5 Å². The molecule has 0 aliphatic carbocycles. The molecule has 1 amide bonds. The van der Waals surface area contributed by atoms with Gasteiger partial charge in [-0.2, -0.15) is 5.10 Å². The summed E-state index contributed by atoms with van der Waals surface area (Å²) in [6.45, 7) is 0. The molecule has 0 saturated heterocycles. The summed E-state index contributed by atoms with van der Waals surface area (Å²) in [6, 6.07) is 15.6. The number of nitrogens with one attached hydrogen (secondary N) is 1. The van der Waals surface area contributed by atoms with Crippen LogP contribution in [0.15, 0.2) is 72.0 Å². The van der Waals surface area contributed by atoms with Gasteiger partial charge in [0.05, 0.1) is 32.3 Å². The molecule has 11 heteroatoms. The van der Waals surface area contributed by atoms with Crippen LogP contribution in [0.2, 0.25) is 0 Å². The Morgan fingerprint density at radius 1 is 1.00 bits per heavy atom. The van der Waals surface area contributed by atoms with E-state index in [1.54, 1.807) is 47.2 Å². The Kier molecular flexibility index (Phi) is 5.24. The number of fused-ring (bicyclic) bond motifs is 1. The Bertz CT molecular complexity index is 1360. The first-order chi connectivity index (χ1) is 14.9. The number of rotatable bonds is 6. The SMILES string of the molecule is O=C(N/N=C\c1cccn1-c1cccc([N+](=O)[O-])c1)c1cc2cc([N+](=O)[O-])ccc2s1. The second kappa shape index (κ2) is 8.16. The maximum absolute atomic E-state index is 12.4. The van der Waals surface area contributed by atoms with Crippen molar-refractivity contribution in [1.29, 1.82) is 0 Å². The summed E-state index contributed by atoms with van der Waals surface area (Å²) < 4.78 is 2.44. The molecule has 4 rings (SSSR count). The first-order valence-corrected chi connectivity index (χ1v) is 9.67. The van der Waals surface area contributed by atoms with Crippen molar-refractivity contribution in [2.24, 2.45) is 5.10 Å². The predicted octanol–water partition coefficient (Wildman–Crippen LogP) is 4.27. The van der Waals surface area contributed by atoms with Gasteiger partial charge in [-0.3, -0.25) is 25.0 Å². The lowest BCUT2D eigenvalue weighted by Crippen LogP contribution is -2.16. The van der Waals surface area contributed by atoms with Gasteiger partial charge in [-0.05, 0) is 30.3 Å². The number of thiophene rings is 1. The third kappa shape index (κ3) is 4.16. The fourth-order valence-electron chi connectivity index (χ4n) is 2.96. The molecule has 31 heavy (non-hydrogen) atoms. The van der Waals surface area contributed by atoms with Crippen LogP contribution in [0.1, 0.15) is 15.4 Å². The molecular formula is C20H13N5O5S. The van der Waals surface area contributed by atoms with E-state index in [0.717, 1.165) is 4.70 Å². The predicted molar refractivity (Wildman–Crippen MR) is 116 cm³/mol. The molecule has 0 bridgehead atoms. The van der Waals surface area contributed by atoms with Gasteiger partial charge < -0.3 is 4.57 Å². The van der Waals surface area contributed by atoms with E-state index in [9.17, 15) is 25.0 Å². The summed E-state index contributed by atoms with van der Waals surface area (Å²) in [5, 5.41) is 26.5. The highest BCUT2D eigenvalue weighted by Gasteiger charge is 2.13. The van der Waals surface area contributed by atoms with Crippen LogP contribution in [0, 0.1) is 20.2 Å². The average molecular weight is 435 g/mol. The molecule has 10 nitrogen and oxygen atoms in total. The standard InChI is InChI=1S/C20H13N5O5S/c26-20(19-10-13-9-16(25(29)30)6-7-18(13)31-19)22-21-12-17-5-2-8-23(17)14-3-1-4-15(11-14)24(27)28/h1-12H,(H,22,26)/b21-12-. The summed E-state index contributed by atoms with van der Waals surface area (Å²) >= 11 is 1.20. The largest absolute Gasteiger partial charge is 0.315 e. The number of hydrogen-bond acceptors (Lipinski definition) is 7. The number of nitro groups is 2. The summed E-state index contributed by atoms with van der Waals surface area (Å²) in [7, 11) is 0. The second-order valence-electron chi connectivity index (χ2n) is 6.37. The van der Waals surface area contributed by atoms with Gasteiger partial charge in [0.2, 0.25) is 0 Å². The number of carbonyl (C=O) groups excluding carboxylic acids is 1. The Morgan fingerprint density at radius 2 is 1.77 bits per heavy atom. The molecule has 2 heterocycles. The number of hydrogen-bond donors (Lipinski definition) is 1. The van der Waals surface area contributed by atoms with Crippen LogP contribution < -0.4 is 5.43 Å². The van der Waals surface area contributed by atoms with E-state index in [-0.39, 0.29) is 11.4 Å². The molecule has 0 aliphatic rings. The van der Waals surface area contributed by atoms with Gasteiger partial charge in [0.1, 0.15) is 0 Å². The van der Waals surface area contributed by atoms with Gasteiger partial charge in [0.25, 0.3) is 17.3 Å². The summed E-state index contributed by atoms with van der Waals surface area (Å²) in [5.41, 5.74) is 3.54. The third-order valence-corrected chi connectivity index (χ3v) is 5.51. The van der Waals surface area contributed by atoms with Crippen LogP contribution in [-0.2, 0) is 0 Å². The van der Waals surface area contributed by atoms with Crippen LogP contribution in [0.5, 0.6) is 0 Å². The van der Waals surface area contributed by atoms with E-state index in [1.165, 1.54) is 41.8 Å². The maximum Gasteiger partial charge on any atom is 0.281 e. The number of nitrogens with zero attached hydrogens (tertiary/aromatic N) is 4. The lowest BCUT2D eigenvalue weighted by molar-refractivity contribution is -0.385. The number of hydrazone groups is 1. The molecule has 0 unspecified atom stereocenters. The number of nitro benzene ring substituents is 2. The molecule has 0 atom stereocenters. The highest BCUT2D eigenvalue weighted by atomic mass is 32.1. The van der Waals surface area contributed by atoms with Crippen molar-refractivity contribution in [2.75, 3.05) is 0 Å². The molecule has 2 aromatic carbocycles. The second-order valence-corrected chi connectivity index (χ2v) is 7.45. The number of non-ortho nitro benzene ring substituents is 2. The van der Waals surface area contributed by atoms with Gasteiger partial charge >= 0.3 is 0 Å². The van der Waals surface area contributed by atoms with Gasteiger partial charge in [0, 0.05) is 40.5 Å². The van der Waals surface area contributed by atoms with E-state index in [1.807, 2.05) is 0 Å². The first-order valence-electron chi connectivity index (χ1n) is 8.86. The average Bonchev–Trinajstić information content (AvgIpc) is 3.40. The minimum atomic E-state index is -0.488. The molecule has 4 aromatic rings. The molecule has 0 fully saturated rings. The summed E-state index contributed by atoms with van der Waals surface area (Å²) in [6.07, 6.45) is 3.15. The highest BCUT2D eigenvalue weighted by Crippen LogP contribution is 2.28. The Morgan fingerprint density at radius 3 is 2.55 bits per heavy atom. The van der Waals surface area contributed by atoms with E-state index >= 15 is 0 Å². The van der Waals surface area contributed by atoms with Crippen molar-refractivity contribution in [3.8, 4) is 5.69 Å². The zero-order valence-electron chi connectivity index (χ0n) is 15.7. The molecule has 154 valence electrons. The van der Waals surface area contributed by atoms with Crippen molar-refractivity contribution < 1.29 is 14.6 Å². The molecule has 0 aliphatic heterocycles. The van der Waals surface area contributed by atoms with Crippen molar-refractivity contribution >= 4 is 44.9 Å². The van der Waals surface area contributed by atoms with Crippen LogP contribution in [0.3, 0.4) is 0 Å². The fourth-order valence-corrected chi connectivity index (χ4v) is 3.89. The number of amides is 1. The zero-order chi connectivity index (χ0) is 22.0. The van der Waals surface area contributed by atoms with Gasteiger partial charge in [-0.25, -0.2) is 5.43 Å². The maximum atomic E-state index is 12.4. The minimum absolute atomic E-state index is 0.0348. The van der Waals surface area contributed by atoms with Crippen LogP contribution in [0.4, 0.5) is 11.4 Å². The fraction of sp³-hybridized carbons (Fsp3) is 0. The van der Waals surface area contributed by atoms with E-state index < -0.39 is 15.8 Å². The number of carbonyl (C=O) groups is 1. The Labute approximate surface area is 178 Å². The van der Waals surface area contributed by atoms with Crippen molar-refractivity contribution in [2.45, 2.75) is 0 Å².